The number of rotatable bonds is 4. The fraction of sp³-hybridized carbons (Fsp3) is 0.167. The molecule has 0 saturated heterocycles. The summed E-state index contributed by atoms with van der Waals surface area (Å²) >= 11 is 0. The van der Waals surface area contributed by atoms with Gasteiger partial charge in [0.05, 0.1) is 5.52 Å². The predicted molar refractivity (Wildman–Crippen MR) is 85.5 cm³/mol. The van der Waals surface area contributed by atoms with Gasteiger partial charge in [-0.3, -0.25) is 4.98 Å². The number of fused-ring (bicyclic) bond motifs is 1. The van der Waals surface area contributed by atoms with Gasteiger partial charge >= 0.3 is 0 Å². The number of pyridine rings is 1. The van der Waals surface area contributed by atoms with Crippen LogP contribution in [0, 0.1) is 0 Å². The minimum atomic E-state index is 0.404. The third-order valence-corrected chi connectivity index (χ3v) is 3.59. The zero-order chi connectivity index (χ0) is 14.7. The average Bonchev–Trinajstić information content (AvgIpc) is 2.55. The van der Waals surface area contributed by atoms with Gasteiger partial charge in [0.2, 0.25) is 0 Å². The molecule has 1 aromatic heterocycles. The third kappa shape index (κ3) is 2.60. The Kier molecular flexibility index (Phi) is 3.84. The fourth-order valence-electron chi connectivity index (χ4n) is 2.43. The van der Waals surface area contributed by atoms with Crippen molar-refractivity contribution in [2.75, 3.05) is 0 Å². The van der Waals surface area contributed by atoms with Crippen molar-refractivity contribution >= 4 is 10.9 Å². The summed E-state index contributed by atoms with van der Waals surface area (Å²) in [6.45, 7) is 2.53. The van der Waals surface area contributed by atoms with E-state index in [4.69, 9.17) is 10.5 Å². The van der Waals surface area contributed by atoms with Crippen LogP contribution in [0.25, 0.3) is 10.9 Å². The van der Waals surface area contributed by atoms with Gasteiger partial charge in [0.1, 0.15) is 11.5 Å². The number of aromatic nitrogens is 1. The van der Waals surface area contributed by atoms with Crippen molar-refractivity contribution in [1.82, 2.24) is 4.98 Å². The lowest BCUT2D eigenvalue weighted by atomic mass is 10.1. The van der Waals surface area contributed by atoms with Crippen molar-refractivity contribution < 1.29 is 4.74 Å². The molecule has 0 aliphatic rings. The standard InChI is InChI=1S/C18H18N2O/c1-2-13-7-3-6-10-17(13)21-18-14(11-19)12-20-16-9-5-4-8-15(16)18/h3-10,12H,2,11,19H2,1H3. The lowest BCUT2D eigenvalue weighted by Gasteiger charge is -2.15. The van der Waals surface area contributed by atoms with Gasteiger partial charge in [-0.2, -0.15) is 0 Å². The van der Waals surface area contributed by atoms with Crippen LogP contribution in [-0.4, -0.2) is 4.98 Å². The molecule has 0 bridgehead atoms. The lowest BCUT2D eigenvalue weighted by molar-refractivity contribution is 0.476. The van der Waals surface area contributed by atoms with Crippen LogP contribution in [0.5, 0.6) is 11.5 Å². The topological polar surface area (TPSA) is 48.1 Å². The zero-order valence-electron chi connectivity index (χ0n) is 12.0. The van der Waals surface area contributed by atoms with Crippen LogP contribution >= 0.6 is 0 Å². The van der Waals surface area contributed by atoms with Crippen molar-refractivity contribution in [1.29, 1.82) is 0 Å². The fourth-order valence-corrected chi connectivity index (χ4v) is 2.43. The molecule has 0 unspecified atom stereocenters. The predicted octanol–water partition coefficient (Wildman–Crippen LogP) is 4.05. The van der Waals surface area contributed by atoms with E-state index in [0.717, 1.165) is 34.4 Å². The van der Waals surface area contributed by atoms with Crippen LogP contribution in [0.4, 0.5) is 0 Å². The van der Waals surface area contributed by atoms with E-state index in [1.165, 1.54) is 5.56 Å². The van der Waals surface area contributed by atoms with Gasteiger partial charge in [-0.25, -0.2) is 0 Å². The van der Waals surface area contributed by atoms with Gasteiger partial charge < -0.3 is 10.5 Å². The van der Waals surface area contributed by atoms with Crippen LogP contribution in [-0.2, 0) is 13.0 Å². The van der Waals surface area contributed by atoms with Gasteiger partial charge in [-0.05, 0) is 30.2 Å². The summed E-state index contributed by atoms with van der Waals surface area (Å²) < 4.78 is 6.22. The largest absolute Gasteiger partial charge is 0.456 e. The Balaban J connectivity index is 2.14. The number of nitrogens with two attached hydrogens (primary N) is 1. The molecule has 0 fully saturated rings. The summed E-state index contributed by atoms with van der Waals surface area (Å²) in [7, 11) is 0. The number of para-hydroxylation sites is 2. The molecule has 3 heteroatoms. The third-order valence-electron chi connectivity index (χ3n) is 3.59. The van der Waals surface area contributed by atoms with E-state index in [9.17, 15) is 0 Å². The summed E-state index contributed by atoms with van der Waals surface area (Å²) in [5, 5.41) is 0.992. The Hall–Kier alpha value is -2.39. The summed E-state index contributed by atoms with van der Waals surface area (Å²) in [6, 6.07) is 16.1. The van der Waals surface area contributed by atoms with E-state index < -0.39 is 0 Å². The number of aryl methyl sites for hydroxylation is 1. The molecule has 0 amide bonds. The SMILES string of the molecule is CCc1ccccc1Oc1c(CN)cnc2ccccc12. The number of ether oxygens (including phenoxy) is 1. The van der Waals surface area contributed by atoms with Crippen LogP contribution in [0.1, 0.15) is 18.1 Å². The maximum Gasteiger partial charge on any atom is 0.142 e. The Labute approximate surface area is 124 Å². The van der Waals surface area contributed by atoms with Gasteiger partial charge in [-0.1, -0.05) is 37.3 Å². The van der Waals surface area contributed by atoms with Crippen molar-refractivity contribution in [3.05, 3.63) is 65.9 Å². The van der Waals surface area contributed by atoms with Crippen molar-refractivity contribution in [2.45, 2.75) is 19.9 Å². The van der Waals surface area contributed by atoms with Gasteiger partial charge in [-0.15, -0.1) is 0 Å². The second-order valence-corrected chi connectivity index (χ2v) is 4.90. The molecule has 0 saturated carbocycles. The molecule has 0 atom stereocenters. The number of hydrogen-bond donors (Lipinski definition) is 1. The summed E-state index contributed by atoms with van der Waals surface area (Å²) in [5.41, 5.74) is 8.86. The van der Waals surface area contributed by atoms with Crippen molar-refractivity contribution in [3.63, 3.8) is 0 Å². The number of hydrogen-bond acceptors (Lipinski definition) is 3. The second-order valence-electron chi connectivity index (χ2n) is 4.90. The molecule has 3 aromatic rings. The van der Waals surface area contributed by atoms with Gasteiger partial charge in [0, 0.05) is 23.7 Å². The minimum Gasteiger partial charge on any atom is -0.456 e. The summed E-state index contributed by atoms with van der Waals surface area (Å²) in [5.74, 6) is 1.69. The van der Waals surface area contributed by atoms with E-state index in [0.29, 0.717) is 6.54 Å². The lowest BCUT2D eigenvalue weighted by Crippen LogP contribution is -2.02. The van der Waals surface area contributed by atoms with Crippen LogP contribution in [0.15, 0.2) is 54.7 Å². The normalized spacial score (nSPS) is 10.8. The highest BCUT2D eigenvalue weighted by atomic mass is 16.5. The molecule has 3 rings (SSSR count). The van der Waals surface area contributed by atoms with E-state index in [1.807, 2.05) is 42.5 Å². The smallest absolute Gasteiger partial charge is 0.142 e. The summed E-state index contributed by atoms with van der Waals surface area (Å²) in [6.07, 6.45) is 2.73. The highest BCUT2D eigenvalue weighted by molar-refractivity contribution is 5.86. The maximum atomic E-state index is 6.22. The first-order chi connectivity index (χ1) is 10.3. The molecular formula is C18H18N2O. The molecule has 1 heterocycles. The highest BCUT2D eigenvalue weighted by Gasteiger charge is 2.11. The van der Waals surface area contributed by atoms with Crippen molar-refractivity contribution in [2.24, 2.45) is 5.73 Å². The molecule has 21 heavy (non-hydrogen) atoms. The molecule has 0 aliphatic heterocycles. The minimum absolute atomic E-state index is 0.404. The van der Waals surface area contributed by atoms with Gasteiger partial charge in [0.25, 0.3) is 0 Å². The van der Waals surface area contributed by atoms with Crippen LogP contribution < -0.4 is 10.5 Å². The quantitative estimate of drug-likeness (QED) is 0.783. The van der Waals surface area contributed by atoms with E-state index in [-0.39, 0.29) is 0 Å². The molecular weight excluding hydrogens is 260 g/mol. The van der Waals surface area contributed by atoms with Crippen LogP contribution in [0.2, 0.25) is 0 Å². The second kappa shape index (κ2) is 5.94. The molecule has 106 valence electrons. The number of nitrogens with zero attached hydrogens (tertiary/aromatic N) is 1. The Bertz CT molecular complexity index is 768. The van der Waals surface area contributed by atoms with E-state index in [2.05, 4.69) is 18.0 Å². The monoisotopic (exact) mass is 278 g/mol. The Morgan fingerprint density at radius 2 is 1.76 bits per heavy atom. The van der Waals surface area contributed by atoms with E-state index in [1.54, 1.807) is 6.20 Å². The summed E-state index contributed by atoms with van der Waals surface area (Å²) in [4.78, 5) is 4.44. The maximum absolute atomic E-state index is 6.22. The van der Waals surface area contributed by atoms with E-state index >= 15 is 0 Å². The molecule has 3 nitrogen and oxygen atoms in total. The molecule has 2 N–H and O–H groups in total. The Morgan fingerprint density at radius 1 is 1.00 bits per heavy atom. The Morgan fingerprint density at radius 3 is 2.57 bits per heavy atom. The first-order valence-electron chi connectivity index (χ1n) is 7.16. The van der Waals surface area contributed by atoms with Crippen LogP contribution in [0.3, 0.4) is 0 Å². The highest BCUT2D eigenvalue weighted by Crippen LogP contribution is 2.33. The first-order valence-corrected chi connectivity index (χ1v) is 7.16. The average molecular weight is 278 g/mol. The zero-order valence-corrected chi connectivity index (χ0v) is 12.0. The molecule has 0 radical (unpaired) electrons. The molecule has 2 aromatic carbocycles. The van der Waals surface area contributed by atoms with Gasteiger partial charge in [0.15, 0.2) is 0 Å². The molecule has 0 aliphatic carbocycles. The molecule has 0 spiro atoms. The van der Waals surface area contributed by atoms with Crippen molar-refractivity contribution in [3.8, 4) is 11.5 Å². The first kappa shape index (κ1) is 13.6. The number of benzene rings is 2.